The lowest BCUT2D eigenvalue weighted by Gasteiger charge is -2.44. The molecule has 0 amide bonds. The summed E-state index contributed by atoms with van der Waals surface area (Å²) < 4.78 is 41.6. The number of rotatable bonds is 10. The molecule has 0 radical (unpaired) electrons. The molecule has 2 saturated heterocycles. The zero-order valence-electron chi connectivity index (χ0n) is 25.5. The molecule has 0 spiro atoms. The van der Waals surface area contributed by atoms with E-state index in [0.717, 1.165) is 56.0 Å². The molecule has 4 aromatic carbocycles. The predicted molar refractivity (Wildman–Crippen MR) is 175 cm³/mol. The molecule has 2 heterocycles. The molecule has 4 aromatic rings. The number of aliphatic hydroxyl groups is 1. The standard InChI is InChI=1S/C36H41N3O5S/c1-27-34(25-39-22-20-38(21-23-39)24-28-8-4-2-5-9-28)43-36(44-35(27)30-14-12-29(26-40)13-15-30)31-16-18-32(19-17-31)37-45(41,42)33-10-6-3-7-11-33/h2-19,27,34-37,40H,20-26H2,1H3/t27-,34+,35+,36+/m0/s1. The fourth-order valence-electron chi connectivity index (χ4n) is 6.08. The highest BCUT2D eigenvalue weighted by atomic mass is 32.2. The van der Waals surface area contributed by atoms with Crippen molar-refractivity contribution in [2.45, 2.75) is 43.5 Å². The number of hydrogen-bond acceptors (Lipinski definition) is 7. The van der Waals surface area contributed by atoms with E-state index in [0.29, 0.717) is 5.69 Å². The van der Waals surface area contributed by atoms with Crippen LogP contribution in [0.25, 0.3) is 0 Å². The second-order valence-corrected chi connectivity index (χ2v) is 13.6. The molecule has 9 heteroatoms. The molecule has 236 valence electrons. The van der Waals surface area contributed by atoms with Crippen LogP contribution in [0.2, 0.25) is 0 Å². The van der Waals surface area contributed by atoms with Gasteiger partial charge in [0.15, 0.2) is 6.29 Å². The van der Waals surface area contributed by atoms with Crippen molar-refractivity contribution in [1.29, 1.82) is 0 Å². The van der Waals surface area contributed by atoms with Crippen molar-refractivity contribution in [1.82, 2.24) is 9.80 Å². The van der Waals surface area contributed by atoms with Crippen LogP contribution in [-0.4, -0.2) is 62.2 Å². The molecule has 2 N–H and O–H groups in total. The average molecular weight is 628 g/mol. The van der Waals surface area contributed by atoms with E-state index < -0.39 is 16.3 Å². The third kappa shape index (κ3) is 7.81. The van der Waals surface area contributed by atoms with Crippen molar-refractivity contribution in [2.24, 2.45) is 5.92 Å². The Bertz CT molecular complexity index is 1610. The topological polar surface area (TPSA) is 91.3 Å². The molecule has 6 rings (SSSR count). The first-order valence-corrected chi connectivity index (χ1v) is 17.0. The Morgan fingerprint density at radius 1 is 0.733 bits per heavy atom. The number of piperazine rings is 1. The van der Waals surface area contributed by atoms with Gasteiger partial charge in [0.25, 0.3) is 10.0 Å². The monoisotopic (exact) mass is 627 g/mol. The van der Waals surface area contributed by atoms with Gasteiger partial charge in [-0.1, -0.05) is 91.9 Å². The van der Waals surface area contributed by atoms with Gasteiger partial charge >= 0.3 is 0 Å². The van der Waals surface area contributed by atoms with Crippen LogP contribution in [0.1, 0.15) is 41.6 Å². The highest BCUT2D eigenvalue weighted by Gasteiger charge is 2.39. The summed E-state index contributed by atoms with van der Waals surface area (Å²) in [5.41, 5.74) is 4.52. The molecule has 2 fully saturated rings. The number of nitrogens with one attached hydrogen (secondary N) is 1. The highest BCUT2D eigenvalue weighted by molar-refractivity contribution is 7.92. The summed E-state index contributed by atoms with van der Waals surface area (Å²) in [6.45, 7) is 7.87. The third-order valence-corrected chi connectivity index (χ3v) is 10.2. The Morgan fingerprint density at radius 2 is 1.33 bits per heavy atom. The van der Waals surface area contributed by atoms with Gasteiger partial charge in [0, 0.05) is 56.4 Å². The summed E-state index contributed by atoms with van der Waals surface area (Å²) in [5.74, 6) is 0.0838. The molecule has 2 aliphatic rings. The largest absolute Gasteiger partial charge is 0.392 e. The number of hydrogen-bond donors (Lipinski definition) is 2. The molecule has 0 bridgehead atoms. The van der Waals surface area contributed by atoms with E-state index in [1.165, 1.54) is 5.56 Å². The SMILES string of the molecule is C[C@H]1[C@@H](CN2CCN(Cc3ccccc3)CC2)O[C@@H](c2ccc(NS(=O)(=O)c3ccccc3)cc2)O[C@H]1c1ccc(CO)cc1. The van der Waals surface area contributed by atoms with Gasteiger partial charge < -0.3 is 14.6 Å². The molecule has 45 heavy (non-hydrogen) atoms. The van der Waals surface area contributed by atoms with Gasteiger partial charge in [-0.2, -0.15) is 0 Å². The van der Waals surface area contributed by atoms with E-state index in [1.807, 2.05) is 36.4 Å². The van der Waals surface area contributed by atoms with Crippen LogP contribution >= 0.6 is 0 Å². The predicted octanol–water partition coefficient (Wildman–Crippen LogP) is 5.59. The zero-order chi connectivity index (χ0) is 31.2. The zero-order valence-corrected chi connectivity index (χ0v) is 26.4. The van der Waals surface area contributed by atoms with E-state index >= 15 is 0 Å². The first-order chi connectivity index (χ1) is 21.9. The first-order valence-electron chi connectivity index (χ1n) is 15.5. The van der Waals surface area contributed by atoms with Crippen molar-refractivity contribution in [3.05, 3.63) is 131 Å². The number of anilines is 1. The Labute approximate surface area is 266 Å². The van der Waals surface area contributed by atoms with Crippen LogP contribution in [0.15, 0.2) is 114 Å². The summed E-state index contributed by atoms with van der Waals surface area (Å²) in [6, 6.07) is 34.0. The summed E-state index contributed by atoms with van der Waals surface area (Å²) in [7, 11) is -3.70. The van der Waals surface area contributed by atoms with Gasteiger partial charge in [0.1, 0.15) is 0 Å². The van der Waals surface area contributed by atoms with E-state index in [2.05, 4.69) is 51.8 Å². The smallest absolute Gasteiger partial charge is 0.261 e. The number of ether oxygens (including phenoxy) is 2. The fourth-order valence-corrected chi connectivity index (χ4v) is 7.16. The van der Waals surface area contributed by atoms with E-state index in [9.17, 15) is 13.5 Å². The van der Waals surface area contributed by atoms with Crippen LogP contribution in [0.3, 0.4) is 0 Å². The Hall–Kier alpha value is -3.57. The minimum atomic E-state index is -3.70. The molecule has 0 aromatic heterocycles. The second kappa shape index (κ2) is 14.2. The Kier molecular flexibility index (Phi) is 9.94. The maximum atomic E-state index is 12.8. The molecule has 8 nitrogen and oxygen atoms in total. The van der Waals surface area contributed by atoms with Crippen molar-refractivity contribution < 1.29 is 23.0 Å². The van der Waals surface area contributed by atoms with Crippen molar-refractivity contribution in [3.8, 4) is 0 Å². The van der Waals surface area contributed by atoms with Crippen molar-refractivity contribution in [3.63, 3.8) is 0 Å². The summed E-state index contributed by atoms with van der Waals surface area (Å²) >= 11 is 0. The normalized spacial score (nSPS) is 23.1. The second-order valence-electron chi connectivity index (χ2n) is 11.9. The minimum absolute atomic E-state index is 0.00759. The maximum Gasteiger partial charge on any atom is 0.261 e. The summed E-state index contributed by atoms with van der Waals surface area (Å²) in [5, 5.41) is 9.56. The van der Waals surface area contributed by atoms with E-state index in [4.69, 9.17) is 9.47 Å². The molecule has 2 aliphatic heterocycles. The Morgan fingerprint density at radius 3 is 1.98 bits per heavy atom. The highest BCUT2D eigenvalue weighted by Crippen LogP contribution is 2.42. The minimum Gasteiger partial charge on any atom is -0.392 e. The molecule has 4 atom stereocenters. The summed E-state index contributed by atoms with van der Waals surface area (Å²) in [6.07, 6.45) is -0.909. The van der Waals surface area contributed by atoms with Crippen molar-refractivity contribution in [2.75, 3.05) is 37.4 Å². The summed E-state index contributed by atoms with van der Waals surface area (Å²) in [4.78, 5) is 5.20. The van der Waals surface area contributed by atoms with E-state index in [1.54, 1.807) is 42.5 Å². The lowest BCUT2D eigenvalue weighted by atomic mass is 9.90. The fraction of sp³-hybridized carbons (Fsp3) is 0.333. The van der Waals surface area contributed by atoms with Crippen LogP contribution in [-0.2, 0) is 32.6 Å². The number of nitrogens with zero attached hydrogens (tertiary/aromatic N) is 2. The number of benzene rings is 4. The lowest BCUT2D eigenvalue weighted by molar-refractivity contribution is -0.276. The quantitative estimate of drug-likeness (QED) is 0.237. The molecule has 0 unspecified atom stereocenters. The van der Waals surface area contributed by atoms with Crippen LogP contribution < -0.4 is 4.72 Å². The van der Waals surface area contributed by atoms with Gasteiger partial charge in [-0.25, -0.2) is 8.42 Å². The van der Waals surface area contributed by atoms with Crippen LogP contribution in [0, 0.1) is 5.92 Å². The maximum absolute atomic E-state index is 12.8. The molecular weight excluding hydrogens is 586 g/mol. The van der Waals surface area contributed by atoms with Crippen molar-refractivity contribution >= 4 is 15.7 Å². The van der Waals surface area contributed by atoms with Crippen LogP contribution in [0.4, 0.5) is 5.69 Å². The van der Waals surface area contributed by atoms with Gasteiger partial charge in [0.2, 0.25) is 0 Å². The van der Waals surface area contributed by atoms with Gasteiger partial charge in [-0.3, -0.25) is 14.5 Å². The lowest BCUT2D eigenvalue weighted by Crippen LogP contribution is -2.51. The van der Waals surface area contributed by atoms with Gasteiger partial charge in [0.05, 0.1) is 23.7 Å². The van der Waals surface area contributed by atoms with Crippen LogP contribution in [0.5, 0.6) is 0 Å². The van der Waals surface area contributed by atoms with Gasteiger partial charge in [-0.15, -0.1) is 0 Å². The molecule has 0 saturated carbocycles. The number of sulfonamides is 1. The molecule has 0 aliphatic carbocycles. The third-order valence-electron chi connectivity index (χ3n) is 8.76. The van der Waals surface area contributed by atoms with E-state index in [-0.39, 0.29) is 29.6 Å². The number of aliphatic hydroxyl groups excluding tert-OH is 1. The van der Waals surface area contributed by atoms with Gasteiger partial charge in [-0.05, 0) is 41.0 Å². The Balaban J connectivity index is 1.16. The first kappa shape index (κ1) is 31.4. The molecular formula is C36H41N3O5S. The average Bonchev–Trinajstić information content (AvgIpc) is 3.08.